The first-order valence-electron chi connectivity index (χ1n) is 13.1. The maximum absolute atomic E-state index is 13.2. The fourth-order valence-electron chi connectivity index (χ4n) is 4.55. The Morgan fingerprint density at radius 3 is 2.76 bits per heavy atom. The number of ether oxygens (including phenoxy) is 1. The van der Waals surface area contributed by atoms with Crippen LogP contribution in [0.25, 0.3) is 16.3 Å². The van der Waals surface area contributed by atoms with Crippen LogP contribution in [0.1, 0.15) is 42.7 Å². The largest absolute Gasteiger partial charge is 0.490 e. The molecule has 1 saturated carbocycles. The number of rotatable bonds is 9. The zero-order chi connectivity index (χ0) is 28.2. The quantitative estimate of drug-likeness (QED) is 0.118. The molecule has 2 amide bonds. The van der Waals surface area contributed by atoms with Crippen molar-refractivity contribution in [2.24, 2.45) is 0 Å². The predicted molar refractivity (Wildman–Crippen MR) is 172 cm³/mol. The predicted octanol–water partition coefficient (Wildman–Crippen LogP) is 6.99. The van der Waals surface area contributed by atoms with Crippen molar-refractivity contribution in [1.82, 2.24) is 20.1 Å². The SMILES string of the molecule is O=C(CN1C(=O)/C(=C/c2ccccc2OC2CCCCC2)SC1=S)Nc1nnc(CSc2nc3ccccc3s2)s1. The van der Waals surface area contributed by atoms with Gasteiger partial charge in [-0.3, -0.25) is 19.8 Å². The summed E-state index contributed by atoms with van der Waals surface area (Å²) >= 11 is 11.2. The maximum atomic E-state index is 13.2. The number of nitrogens with one attached hydrogen (secondary N) is 1. The molecule has 41 heavy (non-hydrogen) atoms. The third kappa shape index (κ3) is 6.97. The van der Waals surface area contributed by atoms with Gasteiger partial charge in [0.15, 0.2) is 4.34 Å². The third-order valence-electron chi connectivity index (χ3n) is 6.53. The molecule has 0 unspecified atom stereocenters. The molecule has 210 valence electrons. The normalized spacial score (nSPS) is 17.1. The number of thiazole rings is 1. The number of amides is 2. The molecule has 3 heterocycles. The summed E-state index contributed by atoms with van der Waals surface area (Å²) in [5.74, 6) is 0.674. The number of thiocarbonyl (C=S) groups is 1. The van der Waals surface area contributed by atoms with Crippen molar-refractivity contribution in [1.29, 1.82) is 0 Å². The molecule has 1 N–H and O–H groups in total. The fraction of sp³-hybridized carbons (Fsp3) is 0.286. The van der Waals surface area contributed by atoms with E-state index < -0.39 is 0 Å². The van der Waals surface area contributed by atoms with Crippen LogP contribution in [0.5, 0.6) is 5.75 Å². The summed E-state index contributed by atoms with van der Waals surface area (Å²) in [4.78, 5) is 32.4. The van der Waals surface area contributed by atoms with Crippen LogP contribution < -0.4 is 10.1 Å². The van der Waals surface area contributed by atoms with Gasteiger partial charge in [0.2, 0.25) is 11.0 Å². The Balaban J connectivity index is 1.05. The van der Waals surface area contributed by atoms with E-state index in [1.807, 2.05) is 42.5 Å². The molecule has 8 nitrogen and oxygen atoms in total. The monoisotopic (exact) mass is 639 g/mol. The minimum atomic E-state index is -0.384. The van der Waals surface area contributed by atoms with Gasteiger partial charge < -0.3 is 4.74 Å². The molecule has 0 radical (unpaired) electrons. The molecule has 2 aliphatic rings. The molecule has 0 spiro atoms. The summed E-state index contributed by atoms with van der Waals surface area (Å²) in [6.45, 7) is -0.197. The number of carbonyl (C=O) groups is 2. The second kappa shape index (κ2) is 13.0. The van der Waals surface area contributed by atoms with Gasteiger partial charge in [-0.2, -0.15) is 0 Å². The van der Waals surface area contributed by atoms with Gasteiger partial charge >= 0.3 is 0 Å². The molecule has 13 heteroatoms. The number of anilines is 1. The number of hydrogen-bond acceptors (Lipinski definition) is 11. The smallest absolute Gasteiger partial charge is 0.266 e. The lowest BCUT2D eigenvalue weighted by Crippen LogP contribution is -2.36. The molecule has 4 aromatic rings. The summed E-state index contributed by atoms with van der Waals surface area (Å²) in [6, 6.07) is 15.7. The van der Waals surface area contributed by atoms with Gasteiger partial charge in [0.1, 0.15) is 21.6 Å². The topological polar surface area (TPSA) is 97.3 Å². The van der Waals surface area contributed by atoms with Crippen LogP contribution in [0, 0.1) is 0 Å². The number of nitrogens with zero attached hydrogens (tertiary/aromatic N) is 4. The summed E-state index contributed by atoms with van der Waals surface area (Å²) in [7, 11) is 0. The standard InChI is InChI=1S/C28H25N5O3S5/c34-23(30-26-32-31-24(41-26)16-38-27-29-19-11-5-7-13-21(19)39-27)15-33-25(35)22(40-28(33)37)14-17-8-4-6-12-20(17)36-18-9-2-1-3-10-18/h4-8,11-14,18H,1-3,9-10,15-16H2,(H,30,32,34)/b22-14-. The van der Waals surface area contributed by atoms with Crippen LogP contribution >= 0.6 is 58.4 Å². The number of fused-ring (bicyclic) bond motifs is 1. The van der Waals surface area contributed by atoms with E-state index in [1.54, 1.807) is 29.2 Å². The van der Waals surface area contributed by atoms with Crippen molar-refractivity contribution < 1.29 is 14.3 Å². The van der Waals surface area contributed by atoms with Gasteiger partial charge in [0, 0.05) is 5.56 Å². The zero-order valence-corrected chi connectivity index (χ0v) is 25.9. The van der Waals surface area contributed by atoms with Gasteiger partial charge in [-0.15, -0.1) is 21.5 Å². The highest BCUT2D eigenvalue weighted by Gasteiger charge is 2.34. The van der Waals surface area contributed by atoms with E-state index in [-0.39, 0.29) is 24.5 Å². The van der Waals surface area contributed by atoms with Crippen molar-refractivity contribution in [2.45, 2.75) is 48.3 Å². The Morgan fingerprint density at radius 1 is 1.10 bits per heavy atom. The second-order valence-corrected chi connectivity index (χ2v) is 14.5. The van der Waals surface area contributed by atoms with Gasteiger partial charge in [-0.1, -0.05) is 83.8 Å². The van der Waals surface area contributed by atoms with E-state index in [0.717, 1.165) is 43.7 Å². The van der Waals surface area contributed by atoms with Crippen LogP contribution in [0.2, 0.25) is 0 Å². The number of hydrogen-bond donors (Lipinski definition) is 1. The second-order valence-electron chi connectivity index (χ2n) is 9.47. The molecule has 2 fully saturated rings. The van der Waals surface area contributed by atoms with E-state index in [2.05, 4.69) is 26.6 Å². The van der Waals surface area contributed by atoms with Crippen molar-refractivity contribution in [3.63, 3.8) is 0 Å². The number of benzene rings is 2. The summed E-state index contributed by atoms with van der Waals surface area (Å²) in [5, 5.41) is 12.2. The fourth-order valence-corrected chi connectivity index (χ4v) is 8.60. The molecule has 1 aliphatic heterocycles. The third-order valence-corrected chi connectivity index (χ3v) is 11.1. The molecule has 1 aliphatic carbocycles. The maximum Gasteiger partial charge on any atom is 0.266 e. The van der Waals surface area contributed by atoms with E-state index >= 15 is 0 Å². The highest BCUT2D eigenvalue weighted by atomic mass is 32.2. The summed E-state index contributed by atoms with van der Waals surface area (Å²) in [6.07, 6.45) is 7.69. The minimum Gasteiger partial charge on any atom is -0.490 e. The van der Waals surface area contributed by atoms with Crippen LogP contribution in [0.4, 0.5) is 5.13 Å². The number of para-hydroxylation sites is 2. The van der Waals surface area contributed by atoms with Crippen molar-refractivity contribution in [3.8, 4) is 5.75 Å². The molecular formula is C28H25N5O3S5. The Labute approximate surface area is 259 Å². The average Bonchev–Trinajstić information content (AvgIpc) is 3.67. The van der Waals surface area contributed by atoms with E-state index in [1.165, 1.54) is 47.3 Å². The first kappa shape index (κ1) is 28.3. The van der Waals surface area contributed by atoms with E-state index in [4.69, 9.17) is 17.0 Å². The highest BCUT2D eigenvalue weighted by molar-refractivity contribution is 8.26. The van der Waals surface area contributed by atoms with Gasteiger partial charge in [-0.25, -0.2) is 4.98 Å². The summed E-state index contributed by atoms with van der Waals surface area (Å²) in [5.41, 5.74) is 1.81. The Hall–Kier alpha value is -2.84. The molecule has 2 aromatic heterocycles. The number of aromatic nitrogens is 3. The van der Waals surface area contributed by atoms with Gasteiger partial charge in [-0.05, 0) is 50.0 Å². The lowest BCUT2D eigenvalue weighted by molar-refractivity contribution is -0.126. The Kier molecular flexibility index (Phi) is 8.96. The Morgan fingerprint density at radius 2 is 1.90 bits per heavy atom. The molecule has 0 bridgehead atoms. The molecule has 2 aromatic carbocycles. The Bertz CT molecular complexity index is 1590. The highest BCUT2D eigenvalue weighted by Crippen LogP contribution is 2.36. The van der Waals surface area contributed by atoms with E-state index in [9.17, 15) is 9.59 Å². The molecule has 1 saturated heterocycles. The van der Waals surface area contributed by atoms with E-state index in [0.29, 0.717) is 20.1 Å². The lowest BCUT2D eigenvalue weighted by Gasteiger charge is -2.23. The van der Waals surface area contributed by atoms with Crippen molar-refractivity contribution >= 4 is 96.0 Å². The van der Waals surface area contributed by atoms with Crippen LogP contribution in [0.15, 0.2) is 57.8 Å². The van der Waals surface area contributed by atoms with Gasteiger partial charge in [0.25, 0.3) is 5.91 Å². The summed E-state index contributed by atoms with van der Waals surface area (Å²) < 4.78 is 8.72. The average molecular weight is 640 g/mol. The van der Waals surface area contributed by atoms with Crippen molar-refractivity contribution in [3.05, 3.63) is 64.0 Å². The molecular weight excluding hydrogens is 615 g/mol. The van der Waals surface area contributed by atoms with Crippen LogP contribution in [-0.2, 0) is 15.3 Å². The minimum absolute atomic E-state index is 0.197. The zero-order valence-electron chi connectivity index (χ0n) is 21.8. The number of carbonyl (C=O) groups excluding carboxylic acids is 2. The van der Waals surface area contributed by atoms with Crippen LogP contribution in [-0.4, -0.2) is 48.9 Å². The van der Waals surface area contributed by atoms with Gasteiger partial charge in [0.05, 0.1) is 27.0 Å². The van der Waals surface area contributed by atoms with Crippen LogP contribution in [0.3, 0.4) is 0 Å². The first-order chi connectivity index (χ1) is 20.0. The molecule has 0 atom stereocenters. The molecule has 6 rings (SSSR count). The first-order valence-corrected chi connectivity index (χ1v) is 17.0. The lowest BCUT2D eigenvalue weighted by atomic mass is 9.97. The number of thioether (sulfide) groups is 2. The van der Waals surface area contributed by atoms with Crippen molar-refractivity contribution in [2.75, 3.05) is 11.9 Å².